The number of nitrogens with one attached hydrogen (secondary N) is 1. The summed E-state index contributed by atoms with van der Waals surface area (Å²) < 4.78 is 13.3. The summed E-state index contributed by atoms with van der Waals surface area (Å²) in [5, 5.41) is 11.9. The fourth-order valence-corrected chi connectivity index (χ4v) is 1.21. The molecule has 1 aromatic carbocycles. The van der Waals surface area contributed by atoms with Crippen LogP contribution in [0.25, 0.3) is 0 Å². The van der Waals surface area contributed by atoms with E-state index in [-0.39, 0.29) is 5.82 Å². The molecule has 0 aromatic heterocycles. The highest BCUT2D eigenvalue weighted by atomic mass is 19.1. The van der Waals surface area contributed by atoms with Crippen LogP contribution in [0, 0.1) is 17.1 Å². The number of benzene rings is 1. The Hall–Kier alpha value is -1.40. The molecule has 1 N–H and O–H groups in total. The lowest BCUT2D eigenvalue weighted by Gasteiger charge is -2.11. The number of halogens is 1. The van der Waals surface area contributed by atoms with Crippen molar-refractivity contribution in [3.05, 3.63) is 35.1 Å². The van der Waals surface area contributed by atoms with Crippen LogP contribution in [-0.2, 0) is 6.54 Å². The van der Waals surface area contributed by atoms with Crippen LogP contribution in [-0.4, -0.2) is 6.04 Å². The molecule has 0 amide bonds. The molecule has 0 aliphatic carbocycles. The first kappa shape index (κ1) is 11.7. The fraction of sp³-hybridized carbons (Fsp3) is 0.417. The van der Waals surface area contributed by atoms with E-state index >= 15 is 0 Å². The molecule has 0 radical (unpaired) electrons. The Kier molecular flexibility index (Phi) is 4.26. The zero-order valence-electron chi connectivity index (χ0n) is 9.05. The predicted octanol–water partition coefficient (Wildman–Crippen LogP) is 2.59. The van der Waals surface area contributed by atoms with E-state index in [4.69, 9.17) is 5.26 Å². The summed E-state index contributed by atoms with van der Waals surface area (Å²) in [6.07, 6.45) is 1.000. The van der Waals surface area contributed by atoms with E-state index in [1.165, 1.54) is 12.1 Å². The Balaban J connectivity index is 2.72. The molecule has 1 atom stereocenters. The number of nitriles is 1. The van der Waals surface area contributed by atoms with Gasteiger partial charge in [0, 0.05) is 18.2 Å². The summed E-state index contributed by atoms with van der Waals surface area (Å²) in [6, 6.07) is 6.77. The predicted molar refractivity (Wildman–Crippen MR) is 57.7 cm³/mol. The molecule has 0 bridgehead atoms. The normalized spacial score (nSPS) is 12.1. The zero-order valence-corrected chi connectivity index (χ0v) is 9.05. The molecule has 2 nitrogen and oxygen atoms in total. The molecule has 80 valence electrons. The summed E-state index contributed by atoms with van der Waals surface area (Å²) in [5.41, 5.74) is 1.05. The molecule has 3 heteroatoms. The van der Waals surface area contributed by atoms with E-state index in [2.05, 4.69) is 12.2 Å². The van der Waals surface area contributed by atoms with Crippen LogP contribution >= 0.6 is 0 Å². The molecule has 0 saturated carbocycles. The zero-order chi connectivity index (χ0) is 11.3. The van der Waals surface area contributed by atoms with E-state index in [0.29, 0.717) is 23.7 Å². The third-order valence-corrected chi connectivity index (χ3v) is 2.43. The maximum atomic E-state index is 13.3. The van der Waals surface area contributed by atoms with Crippen molar-refractivity contribution in [2.45, 2.75) is 32.9 Å². The second-order valence-electron chi connectivity index (χ2n) is 3.61. The van der Waals surface area contributed by atoms with Crippen LogP contribution < -0.4 is 5.32 Å². The van der Waals surface area contributed by atoms with Crippen LogP contribution in [0.15, 0.2) is 18.2 Å². The van der Waals surface area contributed by atoms with Gasteiger partial charge in [-0.15, -0.1) is 0 Å². The van der Waals surface area contributed by atoms with Crippen LogP contribution in [0.2, 0.25) is 0 Å². The molecule has 1 rings (SSSR count). The lowest BCUT2D eigenvalue weighted by molar-refractivity contribution is 0.517. The van der Waals surface area contributed by atoms with Gasteiger partial charge in [-0.3, -0.25) is 0 Å². The van der Waals surface area contributed by atoms with Gasteiger partial charge >= 0.3 is 0 Å². The van der Waals surface area contributed by atoms with Crippen LogP contribution in [0.3, 0.4) is 0 Å². The Bertz CT molecular complexity index is 368. The van der Waals surface area contributed by atoms with Gasteiger partial charge in [-0.2, -0.15) is 5.26 Å². The molecule has 0 fully saturated rings. The van der Waals surface area contributed by atoms with Gasteiger partial charge in [-0.05, 0) is 31.5 Å². The van der Waals surface area contributed by atoms with E-state index in [1.807, 2.05) is 13.0 Å². The largest absolute Gasteiger partial charge is 0.310 e. The van der Waals surface area contributed by atoms with Crippen molar-refractivity contribution in [3.8, 4) is 6.07 Å². The smallest absolute Gasteiger partial charge is 0.127 e. The minimum absolute atomic E-state index is 0.259. The van der Waals surface area contributed by atoms with Crippen LogP contribution in [0.5, 0.6) is 0 Å². The molecule has 0 saturated heterocycles. The fourth-order valence-electron chi connectivity index (χ4n) is 1.21. The molecular formula is C12H15FN2. The third kappa shape index (κ3) is 3.34. The van der Waals surface area contributed by atoms with Crippen molar-refractivity contribution in [1.82, 2.24) is 5.32 Å². The number of hydrogen-bond donors (Lipinski definition) is 1. The average Bonchev–Trinajstić information content (AvgIpc) is 2.27. The number of hydrogen-bond acceptors (Lipinski definition) is 2. The molecule has 0 heterocycles. The van der Waals surface area contributed by atoms with Gasteiger partial charge in [-0.25, -0.2) is 4.39 Å². The quantitative estimate of drug-likeness (QED) is 0.821. The summed E-state index contributed by atoms with van der Waals surface area (Å²) >= 11 is 0. The SMILES string of the molecule is CCC(C)NCc1cc(C#N)ccc1F. The minimum Gasteiger partial charge on any atom is -0.310 e. The molecule has 0 aliphatic rings. The molecular weight excluding hydrogens is 191 g/mol. The standard InChI is InChI=1S/C12H15FN2/c1-3-9(2)15-8-11-6-10(7-14)4-5-12(11)13/h4-6,9,15H,3,8H2,1-2H3. The maximum absolute atomic E-state index is 13.3. The second-order valence-corrected chi connectivity index (χ2v) is 3.61. The van der Waals surface area contributed by atoms with Crippen LogP contribution in [0.4, 0.5) is 4.39 Å². The highest BCUT2D eigenvalue weighted by Gasteiger charge is 2.04. The van der Waals surface area contributed by atoms with E-state index in [9.17, 15) is 4.39 Å². The van der Waals surface area contributed by atoms with Gasteiger partial charge in [-0.1, -0.05) is 6.92 Å². The summed E-state index contributed by atoms with van der Waals surface area (Å²) in [6.45, 7) is 4.59. The Morgan fingerprint density at radius 1 is 1.53 bits per heavy atom. The Labute approximate surface area is 89.7 Å². The van der Waals surface area contributed by atoms with Gasteiger partial charge in [0.05, 0.1) is 11.6 Å². The molecule has 1 unspecified atom stereocenters. The summed E-state index contributed by atoms with van der Waals surface area (Å²) in [5.74, 6) is -0.259. The lowest BCUT2D eigenvalue weighted by Crippen LogP contribution is -2.24. The van der Waals surface area contributed by atoms with Gasteiger partial charge in [0.2, 0.25) is 0 Å². The van der Waals surface area contributed by atoms with Gasteiger partial charge in [0.1, 0.15) is 5.82 Å². The maximum Gasteiger partial charge on any atom is 0.127 e. The third-order valence-electron chi connectivity index (χ3n) is 2.43. The van der Waals surface area contributed by atoms with E-state index in [1.54, 1.807) is 6.07 Å². The van der Waals surface area contributed by atoms with E-state index < -0.39 is 0 Å². The topological polar surface area (TPSA) is 35.8 Å². The molecule has 0 aliphatic heterocycles. The van der Waals surface area contributed by atoms with Gasteiger partial charge in [0.15, 0.2) is 0 Å². The van der Waals surface area contributed by atoms with Crippen molar-refractivity contribution in [1.29, 1.82) is 5.26 Å². The van der Waals surface area contributed by atoms with Crippen molar-refractivity contribution < 1.29 is 4.39 Å². The average molecular weight is 206 g/mol. The van der Waals surface area contributed by atoms with Crippen molar-refractivity contribution >= 4 is 0 Å². The number of nitrogens with zero attached hydrogens (tertiary/aromatic N) is 1. The van der Waals surface area contributed by atoms with E-state index in [0.717, 1.165) is 6.42 Å². The second kappa shape index (κ2) is 5.47. The summed E-state index contributed by atoms with van der Waals surface area (Å²) in [7, 11) is 0. The highest BCUT2D eigenvalue weighted by molar-refractivity contribution is 5.33. The highest BCUT2D eigenvalue weighted by Crippen LogP contribution is 2.10. The van der Waals surface area contributed by atoms with Crippen LogP contribution in [0.1, 0.15) is 31.4 Å². The first-order chi connectivity index (χ1) is 7.17. The lowest BCUT2D eigenvalue weighted by atomic mass is 10.1. The van der Waals surface area contributed by atoms with Gasteiger partial charge < -0.3 is 5.32 Å². The Morgan fingerprint density at radius 3 is 2.87 bits per heavy atom. The Morgan fingerprint density at radius 2 is 2.27 bits per heavy atom. The first-order valence-corrected chi connectivity index (χ1v) is 5.09. The minimum atomic E-state index is -0.259. The summed E-state index contributed by atoms with van der Waals surface area (Å²) in [4.78, 5) is 0. The van der Waals surface area contributed by atoms with Crippen molar-refractivity contribution in [3.63, 3.8) is 0 Å². The van der Waals surface area contributed by atoms with Crippen molar-refractivity contribution in [2.24, 2.45) is 0 Å². The first-order valence-electron chi connectivity index (χ1n) is 5.09. The van der Waals surface area contributed by atoms with Crippen molar-refractivity contribution in [2.75, 3.05) is 0 Å². The molecule has 15 heavy (non-hydrogen) atoms. The molecule has 0 spiro atoms. The number of rotatable bonds is 4. The van der Waals surface area contributed by atoms with Gasteiger partial charge in [0.25, 0.3) is 0 Å². The monoisotopic (exact) mass is 206 g/mol. The molecule has 1 aromatic rings.